The van der Waals surface area contributed by atoms with Gasteiger partial charge in [0.15, 0.2) is 0 Å². The number of anilines is 1. The van der Waals surface area contributed by atoms with Crippen LogP contribution in [0.25, 0.3) is 0 Å². The number of carbonyl (C=O) groups is 2. The molecule has 0 fully saturated rings. The van der Waals surface area contributed by atoms with Crippen molar-refractivity contribution in [3.8, 4) is 5.75 Å². The summed E-state index contributed by atoms with van der Waals surface area (Å²) >= 11 is 0. The summed E-state index contributed by atoms with van der Waals surface area (Å²) in [5.74, 6) is 0.360. The summed E-state index contributed by atoms with van der Waals surface area (Å²) in [6, 6.07) is 6.39. The van der Waals surface area contributed by atoms with E-state index < -0.39 is 6.09 Å². The van der Waals surface area contributed by atoms with E-state index >= 15 is 0 Å². The highest BCUT2D eigenvalue weighted by Gasteiger charge is 2.15. The first kappa shape index (κ1) is 16.8. The summed E-state index contributed by atoms with van der Waals surface area (Å²) in [7, 11) is 0. The summed E-state index contributed by atoms with van der Waals surface area (Å²) in [5.41, 5.74) is 0.179. The number of ether oxygens (including phenoxy) is 1. The third-order valence-electron chi connectivity index (χ3n) is 2.20. The zero-order chi connectivity index (χ0) is 16.0. The van der Waals surface area contributed by atoms with Crippen molar-refractivity contribution in [2.75, 3.05) is 5.32 Å². The topological polar surface area (TPSA) is 79.5 Å². The van der Waals surface area contributed by atoms with E-state index in [1.165, 1.54) is 0 Å². The molecule has 1 rings (SSSR count). The van der Waals surface area contributed by atoms with Crippen LogP contribution >= 0.6 is 0 Å². The molecular formula is C15H23N3O3. The summed E-state index contributed by atoms with van der Waals surface area (Å²) in [6.07, 6.45) is -0.536. The Morgan fingerprint density at radius 1 is 1.19 bits per heavy atom. The van der Waals surface area contributed by atoms with Gasteiger partial charge in [0.25, 0.3) is 0 Å². The van der Waals surface area contributed by atoms with Crippen LogP contribution in [0.1, 0.15) is 34.6 Å². The number of hydrogen-bond acceptors (Lipinski definition) is 3. The minimum absolute atomic E-state index is 0.0435. The third-order valence-corrected chi connectivity index (χ3v) is 2.20. The van der Waals surface area contributed by atoms with Gasteiger partial charge in [-0.3, -0.25) is 0 Å². The smallest absolute Gasteiger partial charge is 0.410 e. The third kappa shape index (κ3) is 7.20. The molecular weight excluding hydrogens is 270 g/mol. The van der Waals surface area contributed by atoms with Crippen LogP contribution in [-0.2, 0) is 0 Å². The Labute approximate surface area is 125 Å². The molecule has 0 aromatic heterocycles. The van der Waals surface area contributed by atoms with Gasteiger partial charge in [-0.15, -0.1) is 0 Å². The lowest BCUT2D eigenvalue weighted by molar-refractivity contribution is 0.190. The number of benzene rings is 1. The van der Waals surface area contributed by atoms with Crippen molar-refractivity contribution in [1.29, 1.82) is 0 Å². The van der Waals surface area contributed by atoms with Gasteiger partial charge >= 0.3 is 12.1 Å². The first-order valence-corrected chi connectivity index (χ1v) is 6.83. The largest absolute Gasteiger partial charge is 0.413 e. The second kappa shape index (κ2) is 6.97. The normalized spacial score (nSPS) is 11.0. The van der Waals surface area contributed by atoms with E-state index in [0.717, 1.165) is 0 Å². The number of nitrogens with one attached hydrogen (secondary N) is 3. The highest BCUT2D eigenvalue weighted by Crippen LogP contribution is 2.17. The summed E-state index contributed by atoms with van der Waals surface area (Å²) < 4.78 is 5.17. The Balaban J connectivity index is 2.64. The van der Waals surface area contributed by atoms with Crippen LogP contribution in [0.5, 0.6) is 5.75 Å². The second-order valence-electron chi connectivity index (χ2n) is 6.05. The van der Waals surface area contributed by atoms with Crippen molar-refractivity contribution in [3.05, 3.63) is 24.3 Å². The number of hydrogen-bond donors (Lipinski definition) is 3. The molecule has 1 aromatic rings. The first-order valence-electron chi connectivity index (χ1n) is 6.83. The van der Waals surface area contributed by atoms with Gasteiger partial charge in [-0.2, -0.15) is 0 Å². The van der Waals surface area contributed by atoms with Gasteiger partial charge < -0.3 is 20.7 Å². The number of rotatable bonds is 3. The Kier molecular flexibility index (Phi) is 5.58. The van der Waals surface area contributed by atoms with Crippen LogP contribution in [0.2, 0.25) is 0 Å². The van der Waals surface area contributed by atoms with Crippen molar-refractivity contribution in [2.45, 2.75) is 46.2 Å². The molecule has 0 spiro atoms. The molecule has 0 saturated carbocycles. The summed E-state index contributed by atoms with van der Waals surface area (Å²) in [6.45, 7) is 9.33. The molecule has 0 saturated heterocycles. The van der Waals surface area contributed by atoms with E-state index in [2.05, 4.69) is 16.0 Å². The van der Waals surface area contributed by atoms with E-state index in [4.69, 9.17) is 4.74 Å². The Hall–Kier alpha value is -2.24. The maximum atomic E-state index is 11.7. The molecule has 0 aliphatic heterocycles. The Morgan fingerprint density at radius 2 is 1.86 bits per heavy atom. The van der Waals surface area contributed by atoms with Gasteiger partial charge in [-0.05, 0) is 46.8 Å². The lowest BCUT2D eigenvalue weighted by Crippen LogP contribution is -2.42. The molecule has 6 heteroatoms. The number of carbonyl (C=O) groups excluding carboxylic acids is 2. The van der Waals surface area contributed by atoms with Gasteiger partial charge in [0.05, 0.1) is 0 Å². The zero-order valence-corrected chi connectivity index (χ0v) is 13.1. The van der Waals surface area contributed by atoms with Gasteiger partial charge in [0.1, 0.15) is 5.75 Å². The Morgan fingerprint density at radius 3 is 2.43 bits per heavy atom. The molecule has 0 atom stereocenters. The second-order valence-corrected chi connectivity index (χ2v) is 6.05. The zero-order valence-electron chi connectivity index (χ0n) is 13.1. The molecule has 0 heterocycles. The molecule has 116 valence electrons. The predicted octanol–water partition coefficient (Wildman–Crippen LogP) is 3.10. The van der Waals surface area contributed by atoms with Gasteiger partial charge in [-0.1, -0.05) is 6.07 Å². The molecule has 1 aromatic carbocycles. The van der Waals surface area contributed by atoms with E-state index in [9.17, 15) is 9.59 Å². The standard InChI is InChI=1S/C15H23N3O3/c1-10(2)16-13(19)17-11-7-6-8-12(9-11)21-14(20)18-15(3,4)5/h6-10H,1-5H3,(H,18,20)(H2,16,17,19). The minimum Gasteiger partial charge on any atom is -0.410 e. The average Bonchev–Trinajstić information content (AvgIpc) is 2.24. The van der Waals surface area contributed by atoms with Crippen LogP contribution in [0, 0.1) is 0 Å². The van der Waals surface area contributed by atoms with E-state index in [-0.39, 0.29) is 17.6 Å². The molecule has 3 N–H and O–H groups in total. The molecule has 0 unspecified atom stereocenters. The van der Waals surface area contributed by atoms with Crippen LogP contribution in [0.3, 0.4) is 0 Å². The molecule has 0 radical (unpaired) electrons. The van der Waals surface area contributed by atoms with E-state index in [1.54, 1.807) is 24.3 Å². The SMILES string of the molecule is CC(C)NC(=O)Nc1cccc(OC(=O)NC(C)(C)C)c1. The van der Waals surface area contributed by atoms with Gasteiger partial charge in [0.2, 0.25) is 0 Å². The van der Waals surface area contributed by atoms with Gasteiger partial charge in [-0.25, -0.2) is 9.59 Å². The van der Waals surface area contributed by atoms with E-state index in [1.807, 2.05) is 34.6 Å². The first-order chi connectivity index (χ1) is 9.65. The molecule has 0 aliphatic rings. The van der Waals surface area contributed by atoms with Crippen molar-refractivity contribution in [1.82, 2.24) is 10.6 Å². The monoisotopic (exact) mass is 293 g/mol. The average molecular weight is 293 g/mol. The van der Waals surface area contributed by atoms with Crippen LogP contribution in [0.15, 0.2) is 24.3 Å². The lowest BCUT2D eigenvalue weighted by Gasteiger charge is -2.20. The maximum absolute atomic E-state index is 11.7. The quantitative estimate of drug-likeness (QED) is 0.801. The highest BCUT2D eigenvalue weighted by molar-refractivity contribution is 5.89. The van der Waals surface area contributed by atoms with Crippen LogP contribution < -0.4 is 20.7 Å². The summed E-state index contributed by atoms with van der Waals surface area (Å²) in [5, 5.41) is 8.08. The van der Waals surface area contributed by atoms with Crippen molar-refractivity contribution in [2.24, 2.45) is 0 Å². The molecule has 0 bridgehead atoms. The fourth-order valence-electron chi connectivity index (χ4n) is 1.51. The molecule has 6 nitrogen and oxygen atoms in total. The van der Waals surface area contributed by atoms with E-state index in [0.29, 0.717) is 11.4 Å². The molecule has 21 heavy (non-hydrogen) atoms. The van der Waals surface area contributed by atoms with Gasteiger partial charge in [0, 0.05) is 23.3 Å². The lowest BCUT2D eigenvalue weighted by atomic mass is 10.1. The Bertz CT molecular complexity index is 507. The van der Waals surface area contributed by atoms with Crippen molar-refractivity contribution < 1.29 is 14.3 Å². The van der Waals surface area contributed by atoms with Crippen molar-refractivity contribution in [3.63, 3.8) is 0 Å². The fraction of sp³-hybridized carbons (Fsp3) is 0.467. The molecule has 3 amide bonds. The highest BCUT2D eigenvalue weighted by atomic mass is 16.6. The number of amides is 3. The van der Waals surface area contributed by atoms with Crippen LogP contribution in [-0.4, -0.2) is 23.7 Å². The maximum Gasteiger partial charge on any atom is 0.413 e. The fourth-order valence-corrected chi connectivity index (χ4v) is 1.51. The summed E-state index contributed by atoms with van der Waals surface area (Å²) in [4.78, 5) is 23.3. The van der Waals surface area contributed by atoms with Crippen molar-refractivity contribution >= 4 is 17.8 Å². The van der Waals surface area contributed by atoms with Crippen LogP contribution in [0.4, 0.5) is 15.3 Å². The predicted molar refractivity (Wildman–Crippen MR) is 82.6 cm³/mol. The number of urea groups is 1. The minimum atomic E-state index is -0.536. The molecule has 0 aliphatic carbocycles.